The van der Waals surface area contributed by atoms with Crippen LogP contribution in [0.4, 0.5) is 34.9 Å². The zero-order valence-electron chi connectivity index (χ0n) is 49.9. The molecule has 6 aromatic heterocycles. The molecule has 3 atom stereocenters. The summed E-state index contributed by atoms with van der Waals surface area (Å²) in [5, 5.41) is 69.6. The first-order valence-electron chi connectivity index (χ1n) is 28.0. The van der Waals surface area contributed by atoms with Gasteiger partial charge in [0, 0.05) is 93.0 Å². The second-order valence-electron chi connectivity index (χ2n) is 20.1. The monoisotopic (exact) mass is 1480 g/mol. The Hall–Kier alpha value is -12.3. The van der Waals surface area contributed by atoms with Crippen molar-refractivity contribution < 1.29 is 114 Å². The third-order valence-corrected chi connectivity index (χ3v) is 13.1. The van der Waals surface area contributed by atoms with Crippen molar-refractivity contribution in [3.63, 3.8) is 0 Å². The number of carbonyl (C=O) groups excluding carboxylic acids is 3. The van der Waals surface area contributed by atoms with E-state index >= 15 is 0 Å². The first-order chi connectivity index (χ1) is 45.7. The van der Waals surface area contributed by atoms with E-state index in [1.54, 1.807) is 36.4 Å². The van der Waals surface area contributed by atoms with Crippen LogP contribution in [0.15, 0.2) is 106 Å². The summed E-state index contributed by atoms with van der Waals surface area (Å²) in [6.45, 7) is 0.692. The molecule has 3 amide bonds. The Bertz CT molecular complexity index is 4140. The molecule has 6 heterocycles. The molecule has 21 N–H and O–H groups in total. The van der Waals surface area contributed by atoms with Crippen LogP contribution in [0.25, 0.3) is 33.5 Å². The van der Waals surface area contributed by atoms with Crippen molar-refractivity contribution in [2.24, 2.45) is 0 Å². The molecule has 0 aliphatic carbocycles. The number of aromatic amines is 3. The van der Waals surface area contributed by atoms with Gasteiger partial charge in [0.05, 0.1) is 55.3 Å². The quantitative estimate of drug-likeness (QED) is 0.0319. The number of nitrogens with zero attached hydrogens (tertiary/aromatic N) is 9. The molecule has 506 valence electrons. The van der Waals surface area contributed by atoms with E-state index in [4.69, 9.17) is 47.8 Å². The fraction of sp³-hybridized carbons (Fsp3) is 0.211. The predicted molar refractivity (Wildman–Crippen MR) is 336 cm³/mol. The molecule has 0 aliphatic heterocycles. The molecule has 9 rings (SSSR count). The largest absolute Gasteiger partial charge is 0.481 e. The van der Waals surface area contributed by atoms with E-state index in [0.717, 1.165) is 0 Å². The molecule has 3 aromatic carbocycles. The Morgan fingerprint density at radius 3 is 0.835 bits per heavy atom. The second kappa shape index (κ2) is 34.5. The van der Waals surface area contributed by atoms with Gasteiger partial charge in [-0.3, -0.25) is 58.1 Å². The number of aliphatic carboxylic acids is 6. The number of amides is 3. The molecule has 0 fully saturated rings. The van der Waals surface area contributed by atoms with Gasteiger partial charge >= 0.3 is 35.8 Å². The summed E-state index contributed by atoms with van der Waals surface area (Å²) >= 11 is 0. The van der Waals surface area contributed by atoms with Crippen LogP contribution in [0.2, 0.25) is 0 Å². The van der Waals surface area contributed by atoms with Gasteiger partial charge < -0.3 is 79.7 Å². The molecule has 9 aromatic rings. The topological polar surface area (TPSA) is 640 Å². The van der Waals surface area contributed by atoms with Crippen molar-refractivity contribution in [3.8, 4) is 0 Å². The van der Waals surface area contributed by atoms with Gasteiger partial charge in [-0.05, 0) is 92.1 Å². The minimum atomic E-state index is -1.31. The molecule has 0 saturated heterocycles. The van der Waals surface area contributed by atoms with Crippen LogP contribution in [0.3, 0.4) is 0 Å². The second-order valence-corrected chi connectivity index (χ2v) is 20.1. The van der Waals surface area contributed by atoms with E-state index in [1.807, 2.05) is 0 Å². The third kappa shape index (κ3) is 22.2. The van der Waals surface area contributed by atoms with Crippen molar-refractivity contribution in [3.05, 3.63) is 156 Å². The van der Waals surface area contributed by atoms with E-state index in [2.05, 4.69) is 91.7 Å². The van der Waals surface area contributed by atoms with Crippen LogP contribution in [0, 0.1) is 39.9 Å². The van der Waals surface area contributed by atoms with Crippen LogP contribution in [-0.2, 0) is 48.4 Å². The molecule has 97 heavy (non-hydrogen) atoms. The third-order valence-electron chi connectivity index (χ3n) is 13.1. The number of carboxylic acid groups (broad SMARTS) is 6. The van der Waals surface area contributed by atoms with Crippen LogP contribution in [0.5, 0.6) is 0 Å². The predicted octanol–water partition coefficient (Wildman–Crippen LogP) is -0.134. The summed E-state index contributed by atoms with van der Waals surface area (Å²) in [7, 11) is 0. The summed E-state index contributed by atoms with van der Waals surface area (Å²) in [6, 6.07) is 14.6. The molecule has 0 aliphatic rings. The molecule has 0 unspecified atom stereocenters. The van der Waals surface area contributed by atoms with E-state index in [9.17, 15) is 57.5 Å². The number of benzene rings is 3. The van der Waals surface area contributed by atoms with Gasteiger partial charge in [-0.1, -0.05) is 0 Å². The van der Waals surface area contributed by atoms with Crippen LogP contribution in [0.1, 0.15) is 86.7 Å². The SMILES string of the molecule is Nc1nc2ncc(CNc3ccc(C(=O)N[C@@H](CCC(=O)O)C(=O)O)cc3)nc2c(=O)[nH]1.Nc1nc2ncc(CNc3ccc(C(=O)N[C@@H](CCC(=O)O)C(=O)O)cc3)nc2c(=O)[nH]1.Nc1nc2ncc(CNc3ccc(C(=O)N[C@@H](CCC(=O)O)C(=O)O)cc3)nc2c(=O)[nH]1.[Gd]. The molecule has 40 heteroatoms. The number of fused-ring (bicyclic) bond motifs is 3. The number of anilines is 6. The number of hydrogen-bond acceptors (Lipinski definition) is 27. The molecule has 0 bridgehead atoms. The Morgan fingerprint density at radius 2 is 0.619 bits per heavy atom. The molecule has 0 saturated carbocycles. The minimum absolute atomic E-state index is 0. The number of nitrogen functional groups attached to an aromatic ring is 3. The zero-order chi connectivity index (χ0) is 69.8. The first kappa shape index (κ1) is 73.7. The van der Waals surface area contributed by atoms with E-state index in [-0.39, 0.29) is 166 Å². The Morgan fingerprint density at radius 1 is 0.381 bits per heavy atom. The zero-order valence-corrected chi connectivity index (χ0v) is 52.2. The number of carboxylic acids is 6. The van der Waals surface area contributed by atoms with Crippen LogP contribution >= 0.6 is 0 Å². The van der Waals surface area contributed by atoms with Gasteiger partial charge in [-0.15, -0.1) is 0 Å². The van der Waals surface area contributed by atoms with Gasteiger partial charge in [0.25, 0.3) is 34.4 Å². The van der Waals surface area contributed by atoms with E-state index in [0.29, 0.717) is 34.1 Å². The normalized spacial score (nSPS) is 11.5. The van der Waals surface area contributed by atoms with Crippen molar-refractivity contribution >= 4 is 122 Å². The minimum Gasteiger partial charge on any atom is -0.481 e. The van der Waals surface area contributed by atoms with Gasteiger partial charge in [-0.2, -0.15) is 15.0 Å². The molecule has 39 nitrogen and oxygen atoms in total. The average molecular weight is 1480 g/mol. The van der Waals surface area contributed by atoms with Gasteiger partial charge in [-0.25, -0.2) is 44.3 Å². The first-order valence-corrected chi connectivity index (χ1v) is 28.0. The van der Waals surface area contributed by atoms with Gasteiger partial charge in [0.1, 0.15) is 18.1 Å². The standard InChI is InChI=1S/3C19H19N7O6.Gd/c3*20-19-25-15-14(17(30)26-19)23-11(8-22-15)7-21-10-3-1-9(2-4-10)16(29)24-12(18(31)32)5-6-13(27)28;/h3*1-4,8,12,21H,5-7H2,(H,24,29)(H,27,28)(H,31,32)(H3,20,22,25,26,30);/t3*12-;/m000./s1. The van der Waals surface area contributed by atoms with Gasteiger partial charge in [0.15, 0.2) is 33.5 Å². The van der Waals surface area contributed by atoms with Crippen LogP contribution in [-0.4, -0.2) is 162 Å². The van der Waals surface area contributed by atoms with Crippen molar-refractivity contribution in [1.29, 1.82) is 0 Å². The van der Waals surface area contributed by atoms with Gasteiger partial charge in [0.2, 0.25) is 17.8 Å². The summed E-state index contributed by atoms with van der Waals surface area (Å²) in [5.74, 6) is -9.47. The molecular weight excluding hydrogens is 1420 g/mol. The molecular formula is C57H57GdN21O18. The molecule has 0 spiro atoms. The fourth-order valence-corrected chi connectivity index (χ4v) is 8.26. The average Bonchev–Trinajstić information content (AvgIpc) is 0.854. The Labute approximate surface area is 573 Å². The van der Waals surface area contributed by atoms with E-state index < -0.39 is 88.3 Å². The number of H-pyrrole nitrogens is 3. The number of hydrogen-bond donors (Lipinski definition) is 18. The fourth-order valence-electron chi connectivity index (χ4n) is 8.26. The Balaban J connectivity index is 0.000000229. The van der Waals surface area contributed by atoms with Crippen molar-refractivity contribution in [2.45, 2.75) is 76.3 Å². The maximum absolute atomic E-state index is 12.3. The van der Waals surface area contributed by atoms with Crippen molar-refractivity contribution in [1.82, 2.24) is 75.8 Å². The summed E-state index contributed by atoms with van der Waals surface area (Å²) < 4.78 is 0. The maximum Gasteiger partial charge on any atom is 0.326 e. The summed E-state index contributed by atoms with van der Waals surface area (Å²) in [4.78, 5) is 182. The smallest absolute Gasteiger partial charge is 0.326 e. The van der Waals surface area contributed by atoms with E-state index in [1.165, 1.54) is 55.0 Å². The summed E-state index contributed by atoms with van der Waals surface area (Å²) in [6.07, 6.45) is 2.52. The molecule has 0 radical (unpaired) electrons. The number of aromatic nitrogens is 12. The summed E-state index contributed by atoms with van der Waals surface area (Å²) in [5.41, 5.74) is 19.4. The number of nitrogens with one attached hydrogen (secondary N) is 9. The Kier molecular flexibility index (Phi) is 26.3. The van der Waals surface area contributed by atoms with Crippen molar-refractivity contribution in [2.75, 3.05) is 33.2 Å². The number of carbonyl (C=O) groups is 9. The maximum atomic E-state index is 12.3. The van der Waals surface area contributed by atoms with Crippen LogP contribution < -0.4 is 65.8 Å². The number of rotatable bonds is 27. The number of nitrogens with two attached hydrogens (primary N) is 3.